The molecule has 0 aliphatic carbocycles. The van der Waals surface area contributed by atoms with Crippen LogP contribution in [0.4, 0.5) is 5.69 Å². The van der Waals surface area contributed by atoms with Crippen LogP contribution in [0.5, 0.6) is 0 Å². The number of thioether (sulfide) groups is 1. The number of esters is 2. The van der Waals surface area contributed by atoms with Crippen molar-refractivity contribution in [1.29, 1.82) is 0 Å². The third-order valence-corrected chi connectivity index (χ3v) is 6.19. The number of nitrogens with one attached hydrogen (secondary N) is 1. The minimum Gasteiger partial charge on any atom is -0.465 e. The Morgan fingerprint density at radius 1 is 1.13 bits per heavy atom. The molecule has 1 amide bonds. The van der Waals surface area contributed by atoms with Crippen molar-refractivity contribution in [3.63, 3.8) is 0 Å². The summed E-state index contributed by atoms with van der Waals surface area (Å²) in [7, 11) is 4.33. The predicted octanol–water partition coefficient (Wildman–Crippen LogP) is 2.77. The zero-order valence-corrected chi connectivity index (χ0v) is 18.7. The molecule has 3 rings (SSSR count). The molecule has 0 spiro atoms. The SMILES string of the molecule is COC(=O)c1ccc(C(=O)OC)c(NC(=O)CSc2nnc(Cc3cccs3)n2C)c1. The van der Waals surface area contributed by atoms with E-state index in [-0.39, 0.29) is 28.5 Å². The first-order valence-corrected chi connectivity index (χ1v) is 10.9. The molecule has 0 saturated carbocycles. The van der Waals surface area contributed by atoms with E-state index in [1.54, 1.807) is 11.3 Å². The summed E-state index contributed by atoms with van der Waals surface area (Å²) in [6.07, 6.45) is 0.663. The molecule has 0 radical (unpaired) electrons. The van der Waals surface area contributed by atoms with Crippen LogP contribution >= 0.6 is 23.1 Å². The predicted molar refractivity (Wildman–Crippen MR) is 117 cm³/mol. The molecule has 0 saturated heterocycles. The summed E-state index contributed by atoms with van der Waals surface area (Å²) in [6.45, 7) is 0. The van der Waals surface area contributed by atoms with Gasteiger partial charge in [-0.2, -0.15) is 0 Å². The number of ether oxygens (including phenoxy) is 2. The number of nitrogens with zero attached hydrogens (tertiary/aromatic N) is 3. The van der Waals surface area contributed by atoms with Crippen molar-refractivity contribution in [2.75, 3.05) is 25.3 Å². The number of thiophene rings is 1. The van der Waals surface area contributed by atoms with E-state index in [9.17, 15) is 14.4 Å². The fourth-order valence-corrected chi connectivity index (χ4v) is 4.12. The topological polar surface area (TPSA) is 112 Å². The average Bonchev–Trinajstić information content (AvgIpc) is 3.41. The normalized spacial score (nSPS) is 10.5. The van der Waals surface area contributed by atoms with Gasteiger partial charge in [0.15, 0.2) is 5.16 Å². The van der Waals surface area contributed by atoms with Crippen molar-refractivity contribution in [3.8, 4) is 0 Å². The lowest BCUT2D eigenvalue weighted by molar-refractivity contribution is -0.113. The molecule has 162 valence electrons. The quantitative estimate of drug-likeness (QED) is 0.403. The van der Waals surface area contributed by atoms with Gasteiger partial charge in [0.2, 0.25) is 5.91 Å². The highest BCUT2D eigenvalue weighted by Gasteiger charge is 2.18. The monoisotopic (exact) mass is 460 g/mol. The molecule has 0 bridgehead atoms. The first-order valence-electron chi connectivity index (χ1n) is 9.07. The Bertz CT molecular complexity index is 1100. The van der Waals surface area contributed by atoms with Crippen molar-refractivity contribution in [1.82, 2.24) is 14.8 Å². The Morgan fingerprint density at radius 2 is 1.90 bits per heavy atom. The summed E-state index contributed by atoms with van der Waals surface area (Å²) in [5.74, 6) is -0.762. The van der Waals surface area contributed by atoms with E-state index in [4.69, 9.17) is 9.47 Å². The summed E-state index contributed by atoms with van der Waals surface area (Å²) in [5.41, 5.74) is 0.492. The minimum absolute atomic E-state index is 0.0358. The van der Waals surface area contributed by atoms with E-state index < -0.39 is 11.9 Å². The largest absolute Gasteiger partial charge is 0.465 e. The van der Waals surface area contributed by atoms with E-state index in [1.807, 2.05) is 29.1 Å². The fraction of sp³-hybridized carbons (Fsp3) is 0.250. The Kier molecular flexibility index (Phi) is 7.42. The molecule has 0 aliphatic heterocycles. The van der Waals surface area contributed by atoms with Gasteiger partial charge in [-0.1, -0.05) is 17.8 Å². The smallest absolute Gasteiger partial charge is 0.339 e. The van der Waals surface area contributed by atoms with Crippen LogP contribution in [-0.4, -0.2) is 52.6 Å². The van der Waals surface area contributed by atoms with Gasteiger partial charge in [0, 0.05) is 18.3 Å². The number of hydrogen-bond acceptors (Lipinski definition) is 9. The van der Waals surface area contributed by atoms with Crippen LogP contribution in [0, 0.1) is 0 Å². The first-order chi connectivity index (χ1) is 14.9. The highest BCUT2D eigenvalue weighted by molar-refractivity contribution is 7.99. The molecular formula is C20H20N4O5S2. The molecule has 9 nitrogen and oxygen atoms in total. The van der Waals surface area contributed by atoms with Crippen LogP contribution < -0.4 is 5.32 Å². The highest BCUT2D eigenvalue weighted by atomic mass is 32.2. The third-order valence-electron chi connectivity index (χ3n) is 4.29. The number of anilines is 1. The molecule has 0 fully saturated rings. The molecule has 1 aromatic carbocycles. The number of carbonyl (C=O) groups is 3. The van der Waals surface area contributed by atoms with Gasteiger partial charge in [-0.3, -0.25) is 4.79 Å². The summed E-state index contributed by atoms with van der Waals surface area (Å²) in [4.78, 5) is 37.5. The second kappa shape index (κ2) is 10.2. The summed E-state index contributed by atoms with van der Waals surface area (Å²) in [5, 5.41) is 13.6. The molecule has 0 atom stereocenters. The molecule has 0 unspecified atom stereocenters. The summed E-state index contributed by atoms with van der Waals surface area (Å²) in [6, 6.07) is 8.22. The zero-order chi connectivity index (χ0) is 22.4. The maximum absolute atomic E-state index is 12.5. The maximum atomic E-state index is 12.5. The summed E-state index contributed by atoms with van der Waals surface area (Å²) >= 11 is 2.86. The van der Waals surface area contributed by atoms with Crippen LogP contribution in [0.2, 0.25) is 0 Å². The van der Waals surface area contributed by atoms with Gasteiger partial charge in [-0.25, -0.2) is 9.59 Å². The second-order valence-electron chi connectivity index (χ2n) is 6.29. The second-order valence-corrected chi connectivity index (χ2v) is 8.27. The third kappa shape index (κ3) is 5.50. The minimum atomic E-state index is -0.633. The van der Waals surface area contributed by atoms with E-state index in [2.05, 4.69) is 15.5 Å². The number of benzene rings is 1. The van der Waals surface area contributed by atoms with Crippen molar-refractivity contribution in [3.05, 3.63) is 57.5 Å². The zero-order valence-electron chi connectivity index (χ0n) is 17.1. The molecule has 3 aromatic rings. The van der Waals surface area contributed by atoms with Gasteiger partial charge in [0.1, 0.15) is 5.82 Å². The van der Waals surface area contributed by atoms with Gasteiger partial charge in [0.25, 0.3) is 0 Å². The Labute approximate surface area is 186 Å². The van der Waals surface area contributed by atoms with Gasteiger partial charge < -0.3 is 19.4 Å². The number of rotatable bonds is 8. The molecule has 11 heteroatoms. The number of hydrogen-bond donors (Lipinski definition) is 1. The van der Waals surface area contributed by atoms with Crippen molar-refractivity contribution >= 4 is 46.6 Å². The van der Waals surface area contributed by atoms with Gasteiger partial charge >= 0.3 is 11.9 Å². The Balaban J connectivity index is 1.68. The van der Waals surface area contributed by atoms with Crippen molar-refractivity contribution < 1.29 is 23.9 Å². The van der Waals surface area contributed by atoms with Gasteiger partial charge in [-0.15, -0.1) is 21.5 Å². The summed E-state index contributed by atoms with van der Waals surface area (Å²) < 4.78 is 11.3. The van der Waals surface area contributed by atoms with Crippen LogP contribution in [0.15, 0.2) is 40.9 Å². The van der Waals surface area contributed by atoms with Crippen LogP contribution in [0.1, 0.15) is 31.4 Å². The van der Waals surface area contributed by atoms with E-state index in [1.165, 1.54) is 49.1 Å². The van der Waals surface area contributed by atoms with Crippen LogP contribution in [0.3, 0.4) is 0 Å². The lowest BCUT2D eigenvalue weighted by Crippen LogP contribution is -2.18. The van der Waals surface area contributed by atoms with Gasteiger partial charge in [-0.05, 0) is 29.6 Å². The fourth-order valence-electron chi connectivity index (χ4n) is 2.69. The van der Waals surface area contributed by atoms with Gasteiger partial charge in [0.05, 0.1) is 36.8 Å². The lowest BCUT2D eigenvalue weighted by atomic mass is 10.1. The number of amides is 1. The number of methoxy groups -OCH3 is 2. The van der Waals surface area contributed by atoms with Crippen LogP contribution in [-0.2, 0) is 27.7 Å². The maximum Gasteiger partial charge on any atom is 0.339 e. The molecule has 31 heavy (non-hydrogen) atoms. The molecule has 2 heterocycles. The Morgan fingerprint density at radius 3 is 2.58 bits per heavy atom. The number of carbonyl (C=O) groups excluding carboxylic acids is 3. The van der Waals surface area contributed by atoms with E-state index in [0.29, 0.717) is 11.6 Å². The standard InChI is InChI=1S/C20H20N4O5S2/c1-24-16(10-13-5-4-8-30-13)22-23-20(24)31-11-17(25)21-15-9-12(18(26)28-2)6-7-14(15)19(27)29-3/h4-9H,10-11H2,1-3H3,(H,21,25). The molecule has 2 aromatic heterocycles. The first kappa shape index (κ1) is 22.5. The average molecular weight is 461 g/mol. The molecule has 1 N–H and O–H groups in total. The lowest BCUT2D eigenvalue weighted by Gasteiger charge is -2.11. The van der Waals surface area contributed by atoms with Crippen molar-refractivity contribution in [2.45, 2.75) is 11.6 Å². The number of aromatic nitrogens is 3. The van der Waals surface area contributed by atoms with Crippen LogP contribution in [0.25, 0.3) is 0 Å². The van der Waals surface area contributed by atoms with E-state index >= 15 is 0 Å². The van der Waals surface area contributed by atoms with Crippen molar-refractivity contribution in [2.24, 2.45) is 7.05 Å². The highest BCUT2D eigenvalue weighted by Crippen LogP contribution is 2.22. The Hall–Kier alpha value is -3.18. The van der Waals surface area contributed by atoms with E-state index in [0.717, 1.165) is 5.82 Å². The molecule has 0 aliphatic rings. The molecular weight excluding hydrogens is 440 g/mol.